The fourth-order valence-corrected chi connectivity index (χ4v) is 6.12. The number of anilines is 2. The van der Waals surface area contributed by atoms with Crippen molar-refractivity contribution in [1.82, 2.24) is 4.31 Å². The zero-order chi connectivity index (χ0) is 22.9. The molecule has 2 amide bonds. The number of benzene rings is 2. The molecule has 0 bridgehead atoms. The highest BCUT2D eigenvalue weighted by Crippen LogP contribution is 2.29. The van der Waals surface area contributed by atoms with Crippen LogP contribution in [0.1, 0.15) is 43.2 Å². The van der Waals surface area contributed by atoms with Crippen LogP contribution in [0, 0.1) is 13.8 Å². The molecule has 2 aromatic carbocycles. The van der Waals surface area contributed by atoms with Gasteiger partial charge in [-0.25, -0.2) is 8.42 Å². The molecular formula is C24H29N3O4S. The van der Waals surface area contributed by atoms with Crippen LogP contribution < -0.4 is 10.2 Å². The number of nitrogens with zero attached hydrogens (tertiary/aromatic N) is 2. The lowest BCUT2D eigenvalue weighted by Crippen LogP contribution is -2.49. The Labute approximate surface area is 189 Å². The van der Waals surface area contributed by atoms with E-state index in [0.717, 1.165) is 36.1 Å². The van der Waals surface area contributed by atoms with Gasteiger partial charge >= 0.3 is 0 Å². The van der Waals surface area contributed by atoms with Crippen molar-refractivity contribution in [2.45, 2.75) is 56.9 Å². The highest BCUT2D eigenvalue weighted by Gasteiger charge is 2.37. The van der Waals surface area contributed by atoms with Crippen LogP contribution in [0.2, 0.25) is 0 Å². The Morgan fingerprint density at radius 3 is 2.41 bits per heavy atom. The number of amides is 2. The van der Waals surface area contributed by atoms with Crippen LogP contribution in [0.15, 0.2) is 47.4 Å². The summed E-state index contributed by atoms with van der Waals surface area (Å²) in [5.41, 5.74) is 3.32. The van der Waals surface area contributed by atoms with Crippen molar-refractivity contribution in [1.29, 1.82) is 0 Å². The molecule has 2 heterocycles. The number of hydrogen-bond acceptors (Lipinski definition) is 4. The molecule has 0 aliphatic carbocycles. The molecule has 2 fully saturated rings. The summed E-state index contributed by atoms with van der Waals surface area (Å²) in [4.78, 5) is 27.2. The van der Waals surface area contributed by atoms with Crippen LogP contribution >= 0.6 is 0 Å². The number of carbonyl (C=O) groups is 2. The number of aryl methyl sites for hydroxylation is 2. The third-order valence-electron chi connectivity index (χ3n) is 6.21. The van der Waals surface area contributed by atoms with E-state index < -0.39 is 16.1 Å². The van der Waals surface area contributed by atoms with Crippen molar-refractivity contribution in [2.24, 2.45) is 0 Å². The van der Waals surface area contributed by atoms with Crippen LogP contribution in [0.4, 0.5) is 11.4 Å². The Morgan fingerprint density at radius 1 is 1.00 bits per heavy atom. The van der Waals surface area contributed by atoms with Crippen molar-refractivity contribution in [2.75, 3.05) is 23.3 Å². The number of piperidine rings is 1. The number of nitrogens with one attached hydrogen (secondary N) is 1. The summed E-state index contributed by atoms with van der Waals surface area (Å²) in [7, 11) is -3.77. The average Bonchev–Trinajstić information content (AvgIpc) is 3.19. The molecule has 2 aromatic rings. The molecule has 2 aliphatic heterocycles. The second-order valence-electron chi connectivity index (χ2n) is 8.58. The lowest BCUT2D eigenvalue weighted by Gasteiger charge is -2.33. The molecule has 2 aliphatic rings. The maximum Gasteiger partial charge on any atom is 0.243 e. The topological polar surface area (TPSA) is 86.8 Å². The summed E-state index contributed by atoms with van der Waals surface area (Å²) in [5, 5.41) is 2.90. The van der Waals surface area contributed by atoms with E-state index in [1.165, 1.54) is 4.31 Å². The molecule has 170 valence electrons. The number of carbonyl (C=O) groups excluding carboxylic acids is 2. The molecule has 32 heavy (non-hydrogen) atoms. The van der Waals surface area contributed by atoms with Gasteiger partial charge in [0.05, 0.1) is 4.90 Å². The average molecular weight is 456 g/mol. The summed E-state index contributed by atoms with van der Waals surface area (Å²) in [6.07, 6.45) is 3.42. The van der Waals surface area contributed by atoms with E-state index in [4.69, 9.17) is 0 Å². The van der Waals surface area contributed by atoms with Crippen LogP contribution in [-0.4, -0.2) is 43.7 Å². The lowest BCUT2D eigenvalue weighted by molar-refractivity contribution is -0.120. The van der Waals surface area contributed by atoms with Gasteiger partial charge < -0.3 is 10.2 Å². The van der Waals surface area contributed by atoms with Gasteiger partial charge in [0.1, 0.15) is 6.04 Å². The van der Waals surface area contributed by atoms with Crippen molar-refractivity contribution in [3.63, 3.8) is 0 Å². The van der Waals surface area contributed by atoms with Crippen LogP contribution in [-0.2, 0) is 19.6 Å². The highest BCUT2D eigenvalue weighted by atomic mass is 32.2. The lowest BCUT2D eigenvalue weighted by atomic mass is 10.0. The number of sulfonamides is 1. The predicted octanol–water partition coefficient (Wildman–Crippen LogP) is 3.61. The molecule has 7 nitrogen and oxygen atoms in total. The number of rotatable bonds is 5. The van der Waals surface area contributed by atoms with Gasteiger partial charge in [0.25, 0.3) is 0 Å². The standard InChI is InChI=1S/C24H29N3O4S/c1-17-8-11-20(12-9-17)32(30,31)27-15-4-3-6-22(27)24(29)25-19-10-13-21(18(2)16-19)26-14-5-7-23(26)28/h8-13,16,22H,3-7,14-15H2,1-2H3,(H,25,29)/t22-/m0/s1. The largest absolute Gasteiger partial charge is 0.325 e. The minimum Gasteiger partial charge on any atom is -0.325 e. The van der Waals surface area contributed by atoms with E-state index in [0.29, 0.717) is 31.6 Å². The maximum absolute atomic E-state index is 13.3. The quantitative estimate of drug-likeness (QED) is 0.746. The van der Waals surface area contributed by atoms with Crippen LogP contribution in [0.25, 0.3) is 0 Å². The van der Waals surface area contributed by atoms with E-state index in [1.807, 2.05) is 26.0 Å². The molecule has 0 aromatic heterocycles. The van der Waals surface area contributed by atoms with Gasteiger partial charge in [-0.15, -0.1) is 0 Å². The molecule has 0 spiro atoms. The van der Waals surface area contributed by atoms with Crippen molar-refractivity contribution >= 4 is 33.2 Å². The minimum absolute atomic E-state index is 0.115. The van der Waals surface area contributed by atoms with E-state index in [9.17, 15) is 18.0 Å². The smallest absolute Gasteiger partial charge is 0.243 e. The second-order valence-corrected chi connectivity index (χ2v) is 10.5. The fraction of sp³-hybridized carbons (Fsp3) is 0.417. The van der Waals surface area contributed by atoms with E-state index >= 15 is 0 Å². The zero-order valence-electron chi connectivity index (χ0n) is 18.5. The van der Waals surface area contributed by atoms with Gasteiger partial charge in [-0.2, -0.15) is 4.31 Å². The van der Waals surface area contributed by atoms with Crippen LogP contribution in [0.5, 0.6) is 0 Å². The molecule has 0 saturated carbocycles. The van der Waals surface area contributed by atoms with Crippen molar-refractivity contribution in [3.8, 4) is 0 Å². The first-order chi connectivity index (χ1) is 15.3. The summed E-state index contributed by atoms with van der Waals surface area (Å²) >= 11 is 0. The molecule has 1 atom stereocenters. The highest BCUT2D eigenvalue weighted by molar-refractivity contribution is 7.89. The normalized spacial score (nSPS) is 19.9. The summed E-state index contributed by atoms with van der Waals surface area (Å²) in [5.74, 6) is -0.214. The molecule has 8 heteroatoms. The third-order valence-corrected chi connectivity index (χ3v) is 8.13. The Hall–Kier alpha value is -2.71. The molecule has 0 radical (unpaired) electrons. The summed E-state index contributed by atoms with van der Waals surface area (Å²) in [6.45, 7) is 4.84. The number of hydrogen-bond donors (Lipinski definition) is 1. The van der Waals surface area contributed by atoms with Gasteiger partial charge in [-0.05, 0) is 69.0 Å². The second kappa shape index (κ2) is 9.03. The van der Waals surface area contributed by atoms with Crippen molar-refractivity contribution in [3.05, 3.63) is 53.6 Å². The summed E-state index contributed by atoms with van der Waals surface area (Å²) < 4.78 is 27.8. The van der Waals surface area contributed by atoms with Gasteiger partial charge in [-0.1, -0.05) is 24.1 Å². The Kier molecular flexibility index (Phi) is 6.35. The first kappa shape index (κ1) is 22.5. The third kappa shape index (κ3) is 4.42. The SMILES string of the molecule is Cc1ccc(S(=O)(=O)N2CCCC[C@H]2C(=O)Nc2ccc(N3CCCC3=O)c(C)c2)cc1. The fourth-order valence-electron chi connectivity index (χ4n) is 4.46. The molecule has 0 unspecified atom stereocenters. The van der Waals surface area contributed by atoms with E-state index in [-0.39, 0.29) is 16.7 Å². The minimum atomic E-state index is -3.77. The van der Waals surface area contributed by atoms with Gasteiger partial charge in [0.15, 0.2) is 0 Å². The Morgan fingerprint density at radius 2 is 1.75 bits per heavy atom. The Bertz CT molecular complexity index is 1130. The molecule has 1 N–H and O–H groups in total. The summed E-state index contributed by atoms with van der Waals surface area (Å²) in [6, 6.07) is 11.4. The van der Waals surface area contributed by atoms with E-state index in [2.05, 4.69) is 5.32 Å². The van der Waals surface area contributed by atoms with E-state index in [1.54, 1.807) is 35.2 Å². The zero-order valence-corrected chi connectivity index (χ0v) is 19.3. The first-order valence-electron chi connectivity index (χ1n) is 11.1. The molecule has 4 rings (SSSR count). The molecular weight excluding hydrogens is 426 g/mol. The maximum atomic E-state index is 13.3. The first-order valence-corrected chi connectivity index (χ1v) is 12.5. The predicted molar refractivity (Wildman–Crippen MR) is 124 cm³/mol. The molecule has 2 saturated heterocycles. The van der Waals surface area contributed by atoms with Gasteiger partial charge in [0.2, 0.25) is 21.8 Å². The van der Waals surface area contributed by atoms with Crippen molar-refractivity contribution < 1.29 is 18.0 Å². The Balaban J connectivity index is 1.53. The van der Waals surface area contributed by atoms with Crippen LogP contribution in [0.3, 0.4) is 0 Å². The van der Waals surface area contributed by atoms with Gasteiger partial charge in [0, 0.05) is 30.9 Å². The monoisotopic (exact) mass is 455 g/mol. The van der Waals surface area contributed by atoms with Gasteiger partial charge in [-0.3, -0.25) is 9.59 Å².